The number of aromatic amines is 1. The first-order valence-electron chi connectivity index (χ1n) is 6.83. The molecule has 1 aromatic carbocycles. The van der Waals surface area contributed by atoms with Gasteiger partial charge in [-0.15, -0.1) is 0 Å². The van der Waals surface area contributed by atoms with Crippen molar-refractivity contribution in [2.45, 2.75) is 46.1 Å². The molecular formula is C15H20N2S. The number of nitrogens with one attached hydrogen (secondary N) is 1. The van der Waals surface area contributed by atoms with Gasteiger partial charge in [0.15, 0.2) is 4.77 Å². The summed E-state index contributed by atoms with van der Waals surface area (Å²) < 4.78 is 3.20. The van der Waals surface area contributed by atoms with E-state index >= 15 is 0 Å². The van der Waals surface area contributed by atoms with Crippen molar-refractivity contribution in [3.8, 4) is 0 Å². The van der Waals surface area contributed by atoms with Crippen LogP contribution in [0.3, 0.4) is 0 Å². The molecule has 0 amide bonds. The third-order valence-corrected chi connectivity index (χ3v) is 4.97. The van der Waals surface area contributed by atoms with Crippen molar-refractivity contribution in [3.63, 3.8) is 0 Å². The molecule has 3 rings (SSSR count). The number of imidazole rings is 1. The molecule has 0 radical (unpaired) electrons. The van der Waals surface area contributed by atoms with Crippen molar-refractivity contribution < 1.29 is 0 Å². The van der Waals surface area contributed by atoms with Crippen LogP contribution < -0.4 is 0 Å². The van der Waals surface area contributed by atoms with Gasteiger partial charge in [0.1, 0.15) is 0 Å². The standard InChI is InChI=1S/C15H20N2S/c1-3-15(8-5-9-15)10-17-13-11(2)6-4-7-12(13)16-14(17)18/h4,6-7H,3,5,8-10H2,1-2H3,(H,16,18). The average molecular weight is 260 g/mol. The zero-order valence-electron chi connectivity index (χ0n) is 11.1. The number of benzene rings is 1. The molecule has 2 aromatic rings. The summed E-state index contributed by atoms with van der Waals surface area (Å²) in [5.74, 6) is 0. The number of hydrogen-bond donors (Lipinski definition) is 1. The summed E-state index contributed by atoms with van der Waals surface area (Å²) in [5.41, 5.74) is 4.27. The van der Waals surface area contributed by atoms with Gasteiger partial charge >= 0.3 is 0 Å². The third-order valence-electron chi connectivity index (χ3n) is 4.65. The number of aromatic nitrogens is 2. The zero-order chi connectivity index (χ0) is 12.8. The topological polar surface area (TPSA) is 20.7 Å². The van der Waals surface area contributed by atoms with Crippen LogP contribution >= 0.6 is 12.2 Å². The molecule has 0 atom stereocenters. The van der Waals surface area contributed by atoms with E-state index in [0.29, 0.717) is 5.41 Å². The Morgan fingerprint density at radius 2 is 2.17 bits per heavy atom. The molecular weight excluding hydrogens is 240 g/mol. The summed E-state index contributed by atoms with van der Waals surface area (Å²) in [6.45, 7) is 5.55. The number of aryl methyl sites for hydroxylation is 1. The number of nitrogens with zero attached hydrogens (tertiary/aromatic N) is 1. The smallest absolute Gasteiger partial charge is 0.178 e. The van der Waals surface area contributed by atoms with E-state index in [1.807, 2.05) is 0 Å². The highest BCUT2D eigenvalue weighted by molar-refractivity contribution is 7.71. The number of para-hydroxylation sites is 1. The molecule has 1 aliphatic rings. The maximum Gasteiger partial charge on any atom is 0.178 e. The largest absolute Gasteiger partial charge is 0.331 e. The van der Waals surface area contributed by atoms with Gasteiger partial charge in [0, 0.05) is 6.54 Å². The lowest BCUT2D eigenvalue weighted by Gasteiger charge is -2.41. The highest BCUT2D eigenvalue weighted by Crippen LogP contribution is 2.45. The zero-order valence-corrected chi connectivity index (χ0v) is 11.9. The van der Waals surface area contributed by atoms with Crippen LogP contribution in [0.1, 0.15) is 38.2 Å². The maximum absolute atomic E-state index is 5.51. The Labute approximate surface area is 113 Å². The summed E-state index contributed by atoms with van der Waals surface area (Å²) in [6, 6.07) is 6.38. The van der Waals surface area contributed by atoms with Gasteiger partial charge in [-0.25, -0.2) is 0 Å². The van der Waals surface area contributed by atoms with Crippen molar-refractivity contribution >= 4 is 23.3 Å². The van der Waals surface area contributed by atoms with E-state index in [1.165, 1.54) is 42.3 Å². The summed E-state index contributed by atoms with van der Waals surface area (Å²) in [4.78, 5) is 3.34. The highest BCUT2D eigenvalue weighted by Gasteiger charge is 2.35. The molecule has 0 unspecified atom stereocenters. The van der Waals surface area contributed by atoms with Gasteiger partial charge in [-0.05, 0) is 55.4 Å². The SMILES string of the molecule is CCC1(Cn2c(=S)[nH]c3cccc(C)c32)CCC1. The van der Waals surface area contributed by atoms with Gasteiger partial charge in [-0.3, -0.25) is 0 Å². The number of H-pyrrole nitrogens is 1. The molecule has 1 fully saturated rings. The van der Waals surface area contributed by atoms with Gasteiger partial charge in [0.2, 0.25) is 0 Å². The third kappa shape index (κ3) is 1.72. The molecule has 3 heteroatoms. The van der Waals surface area contributed by atoms with E-state index in [2.05, 4.69) is 41.6 Å². The molecule has 1 heterocycles. The lowest BCUT2D eigenvalue weighted by molar-refractivity contribution is 0.101. The molecule has 0 bridgehead atoms. The van der Waals surface area contributed by atoms with Crippen molar-refractivity contribution in [3.05, 3.63) is 28.5 Å². The summed E-state index contributed by atoms with van der Waals surface area (Å²) in [7, 11) is 0. The summed E-state index contributed by atoms with van der Waals surface area (Å²) >= 11 is 5.51. The molecule has 96 valence electrons. The van der Waals surface area contributed by atoms with E-state index in [4.69, 9.17) is 12.2 Å². The Morgan fingerprint density at radius 1 is 1.39 bits per heavy atom. The van der Waals surface area contributed by atoms with Crippen molar-refractivity contribution in [2.24, 2.45) is 5.41 Å². The molecule has 0 aliphatic heterocycles. The van der Waals surface area contributed by atoms with Gasteiger partial charge in [-0.1, -0.05) is 25.5 Å². The van der Waals surface area contributed by atoms with E-state index in [0.717, 1.165) is 11.3 Å². The van der Waals surface area contributed by atoms with E-state index in [1.54, 1.807) is 0 Å². The number of fused-ring (bicyclic) bond motifs is 1. The lowest BCUT2D eigenvalue weighted by atomic mass is 9.67. The van der Waals surface area contributed by atoms with Crippen LogP contribution in [0, 0.1) is 17.1 Å². The monoisotopic (exact) mass is 260 g/mol. The second-order valence-corrected chi connectivity index (χ2v) is 6.08. The predicted molar refractivity (Wildman–Crippen MR) is 78.4 cm³/mol. The average Bonchev–Trinajstić information content (AvgIpc) is 2.61. The Kier molecular flexibility index (Phi) is 2.81. The molecule has 2 nitrogen and oxygen atoms in total. The molecule has 0 spiro atoms. The Bertz CT molecular complexity index is 626. The molecule has 1 saturated carbocycles. The summed E-state index contributed by atoms with van der Waals surface area (Å²) in [6.07, 6.45) is 5.34. The maximum atomic E-state index is 5.51. The minimum atomic E-state index is 0.496. The van der Waals surface area contributed by atoms with Crippen LogP contribution in [0.25, 0.3) is 11.0 Å². The van der Waals surface area contributed by atoms with Crippen LogP contribution in [0.4, 0.5) is 0 Å². The van der Waals surface area contributed by atoms with Gasteiger partial charge in [-0.2, -0.15) is 0 Å². The minimum Gasteiger partial charge on any atom is -0.331 e. The molecule has 1 aromatic heterocycles. The van der Waals surface area contributed by atoms with Crippen molar-refractivity contribution in [1.82, 2.24) is 9.55 Å². The lowest BCUT2D eigenvalue weighted by Crippen LogP contribution is -2.33. The molecule has 1 N–H and O–H groups in total. The fourth-order valence-corrected chi connectivity index (χ4v) is 3.45. The second kappa shape index (κ2) is 4.23. The number of rotatable bonds is 3. The van der Waals surface area contributed by atoms with Crippen LogP contribution in [-0.4, -0.2) is 9.55 Å². The van der Waals surface area contributed by atoms with Crippen LogP contribution in [0.2, 0.25) is 0 Å². The van der Waals surface area contributed by atoms with Crippen LogP contribution in [-0.2, 0) is 6.54 Å². The quantitative estimate of drug-likeness (QED) is 0.801. The first-order valence-corrected chi connectivity index (χ1v) is 7.24. The molecule has 0 saturated heterocycles. The first kappa shape index (κ1) is 12.0. The molecule has 1 aliphatic carbocycles. The minimum absolute atomic E-state index is 0.496. The van der Waals surface area contributed by atoms with Gasteiger partial charge < -0.3 is 9.55 Å². The van der Waals surface area contributed by atoms with Crippen molar-refractivity contribution in [1.29, 1.82) is 0 Å². The Hall–Kier alpha value is -1.09. The van der Waals surface area contributed by atoms with Crippen LogP contribution in [0.15, 0.2) is 18.2 Å². The highest BCUT2D eigenvalue weighted by atomic mass is 32.1. The predicted octanol–water partition coefficient (Wildman–Crippen LogP) is 4.59. The summed E-state index contributed by atoms with van der Waals surface area (Å²) in [5, 5.41) is 0. The molecule has 18 heavy (non-hydrogen) atoms. The van der Waals surface area contributed by atoms with Crippen LogP contribution in [0.5, 0.6) is 0 Å². The second-order valence-electron chi connectivity index (χ2n) is 5.69. The van der Waals surface area contributed by atoms with Gasteiger partial charge in [0.25, 0.3) is 0 Å². The van der Waals surface area contributed by atoms with E-state index < -0.39 is 0 Å². The first-order chi connectivity index (χ1) is 8.65. The number of hydrogen-bond acceptors (Lipinski definition) is 1. The van der Waals surface area contributed by atoms with E-state index in [-0.39, 0.29) is 0 Å². The Morgan fingerprint density at radius 3 is 2.78 bits per heavy atom. The fraction of sp³-hybridized carbons (Fsp3) is 0.533. The fourth-order valence-electron chi connectivity index (χ4n) is 3.19. The van der Waals surface area contributed by atoms with Crippen molar-refractivity contribution in [2.75, 3.05) is 0 Å². The Balaban J connectivity index is 2.11. The van der Waals surface area contributed by atoms with E-state index in [9.17, 15) is 0 Å². The van der Waals surface area contributed by atoms with Gasteiger partial charge in [0.05, 0.1) is 11.0 Å². The normalized spacial score (nSPS) is 17.9.